The van der Waals surface area contributed by atoms with Crippen LogP contribution in [0, 0.1) is 6.92 Å². The molecular weight excluding hydrogens is 210 g/mol. The molecule has 4 heteroatoms. The number of H-pyrrole nitrogens is 1. The Balaban J connectivity index is 2.59. The molecule has 0 bridgehead atoms. The van der Waals surface area contributed by atoms with Gasteiger partial charge in [0.05, 0.1) is 0 Å². The summed E-state index contributed by atoms with van der Waals surface area (Å²) in [6.45, 7) is 1.99. The highest BCUT2D eigenvalue weighted by Crippen LogP contribution is 2.19. The molecule has 2 aromatic rings. The van der Waals surface area contributed by atoms with Crippen molar-refractivity contribution in [3.8, 4) is 10.4 Å². The van der Waals surface area contributed by atoms with Gasteiger partial charge in [0.25, 0.3) is 5.56 Å². The fourth-order valence-corrected chi connectivity index (χ4v) is 2.04. The molecule has 0 fully saturated rings. The summed E-state index contributed by atoms with van der Waals surface area (Å²) in [5.74, 6) is 0. The standard InChI is InChI=1S/C11H9NO2S/c1-7-2-4-8(5-3-7)9-6-10(13)12-11(14)15-9/h2-6H,1H3,(H,12,13,14). The van der Waals surface area contributed by atoms with Gasteiger partial charge in [0, 0.05) is 10.9 Å². The number of hydrogen-bond donors (Lipinski definition) is 1. The maximum atomic E-state index is 11.1. The fourth-order valence-electron chi connectivity index (χ4n) is 1.27. The molecule has 1 heterocycles. The fraction of sp³-hybridized carbons (Fsp3) is 0.0909. The number of aryl methyl sites for hydroxylation is 1. The zero-order valence-electron chi connectivity index (χ0n) is 8.11. The van der Waals surface area contributed by atoms with Crippen LogP contribution in [0.1, 0.15) is 5.56 Å². The van der Waals surface area contributed by atoms with Gasteiger partial charge in [0.1, 0.15) is 0 Å². The molecule has 0 spiro atoms. The molecule has 0 amide bonds. The van der Waals surface area contributed by atoms with Crippen LogP contribution in [0.3, 0.4) is 0 Å². The average Bonchev–Trinajstić information content (AvgIpc) is 2.17. The predicted octanol–water partition coefficient (Wildman–Crippen LogP) is 1.77. The minimum Gasteiger partial charge on any atom is -0.280 e. The van der Waals surface area contributed by atoms with E-state index in [1.165, 1.54) is 6.07 Å². The summed E-state index contributed by atoms with van der Waals surface area (Å²) in [5, 5.41) is 0. The molecule has 3 nitrogen and oxygen atoms in total. The van der Waals surface area contributed by atoms with Gasteiger partial charge in [-0.05, 0) is 12.5 Å². The van der Waals surface area contributed by atoms with Crippen molar-refractivity contribution >= 4 is 11.3 Å². The smallest absolute Gasteiger partial charge is 0.280 e. The average molecular weight is 219 g/mol. The molecule has 1 aromatic heterocycles. The first-order valence-corrected chi connectivity index (χ1v) is 5.28. The van der Waals surface area contributed by atoms with Gasteiger partial charge in [0.15, 0.2) is 0 Å². The van der Waals surface area contributed by atoms with Crippen LogP contribution in [-0.4, -0.2) is 4.98 Å². The van der Waals surface area contributed by atoms with E-state index in [0.717, 1.165) is 22.5 Å². The van der Waals surface area contributed by atoms with E-state index in [-0.39, 0.29) is 10.4 Å². The van der Waals surface area contributed by atoms with Gasteiger partial charge < -0.3 is 0 Å². The highest BCUT2D eigenvalue weighted by atomic mass is 32.1. The molecule has 0 radical (unpaired) electrons. The third-order valence-electron chi connectivity index (χ3n) is 2.03. The molecule has 15 heavy (non-hydrogen) atoms. The first-order chi connectivity index (χ1) is 7.15. The number of aromatic amines is 1. The molecule has 0 aliphatic heterocycles. The number of benzene rings is 1. The molecule has 0 unspecified atom stereocenters. The van der Waals surface area contributed by atoms with Crippen LogP contribution < -0.4 is 10.4 Å². The van der Waals surface area contributed by atoms with E-state index in [9.17, 15) is 9.59 Å². The summed E-state index contributed by atoms with van der Waals surface area (Å²) < 4.78 is 0. The van der Waals surface area contributed by atoms with Crippen LogP contribution in [0.2, 0.25) is 0 Å². The van der Waals surface area contributed by atoms with Crippen LogP contribution >= 0.6 is 11.3 Å². The Kier molecular flexibility index (Phi) is 2.51. The molecule has 1 aromatic carbocycles. The van der Waals surface area contributed by atoms with Gasteiger partial charge in [-0.15, -0.1) is 0 Å². The summed E-state index contributed by atoms with van der Waals surface area (Å²) in [5.41, 5.74) is 1.69. The maximum Gasteiger partial charge on any atom is 0.307 e. The summed E-state index contributed by atoms with van der Waals surface area (Å²) in [6, 6.07) is 9.15. The van der Waals surface area contributed by atoms with Crippen molar-refractivity contribution in [2.24, 2.45) is 0 Å². The van der Waals surface area contributed by atoms with Gasteiger partial charge >= 0.3 is 4.87 Å². The zero-order chi connectivity index (χ0) is 10.8. The van der Waals surface area contributed by atoms with Gasteiger partial charge in [-0.3, -0.25) is 14.6 Å². The van der Waals surface area contributed by atoms with E-state index in [1.807, 2.05) is 31.2 Å². The van der Waals surface area contributed by atoms with Gasteiger partial charge in [0.2, 0.25) is 0 Å². The molecule has 2 rings (SSSR count). The first-order valence-electron chi connectivity index (χ1n) is 4.47. The van der Waals surface area contributed by atoms with E-state index < -0.39 is 0 Å². The predicted molar refractivity (Wildman–Crippen MR) is 61.4 cm³/mol. The second-order valence-corrected chi connectivity index (χ2v) is 4.27. The summed E-state index contributed by atoms with van der Waals surface area (Å²) in [6.07, 6.45) is 0. The van der Waals surface area contributed by atoms with Crippen molar-refractivity contribution in [3.63, 3.8) is 0 Å². The summed E-state index contributed by atoms with van der Waals surface area (Å²) >= 11 is 1.04. The largest absolute Gasteiger partial charge is 0.307 e. The minimum atomic E-state index is -0.352. The quantitative estimate of drug-likeness (QED) is 0.794. The molecule has 76 valence electrons. The van der Waals surface area contributed by atoms with Crippen molar-refractivity contribution in [2.45, 2.75) is 6.92 Å². The molecule has 0 aliphatic carbocycles. The van der Waals surface area contributed by atoms with E-state index in [0.29, 0.717) is 4.88 Å². The topological polar surface area (TPSA) is 49.9 Å². The number of aromatic nitrogens is 1. The van der Waals surface area contributed by atoms with Crippen molar-refractivity contribution in [1.29, 1.82) is 0 Å². The highest BCUT2D eigenvalue weighted by molar-refractivity contribution is 7.12. The minimum absolute atomic E-state index is 0.321. The van der Waals surface area contributed by atoms with E-state index in [1.54, 1.807) is 0 Å². The molecular formula is C11H9NO2S. The van der Waals surface area contributed by atoms with Crippen LogP contribution in [-0.2, 0) is 0 Å². The van der Waals surface area contributed by atoms with E-state index >= 15 is 0 Å². The monoisotopic (exact) mass is 219 g/mol. The lowest BCUT2D eigenvalue weighted by Gasteiger charge is -1.99. The second kappa shape index (κ2) is 3.82. The number of hydrogen-bond acceptors (Lipinski definition) is 3. The second-order valence-electron chi connectivity index (χ2n) is 3.25. The van der Waals surface area contributed by atoms with Gasteiger partial charge in [-0.25, -0.2) is 0 Å². The first kappa shape index (κ1) is 9.86. The Bertz CT molecular complexity index is 552. The maximum absolute atomic E-state index is 11.1. The normalized spacial score (nSPS) is 10.2. The van der Waals surface area contributed by atoms with Crippen molar-refractivity contribution < 1.29 is 0 Å². The molecule has 0 saturated carbocycles. The van der Waals surface area contributed by atoms with Crippen LogP contribution in [0.15, 0.2) is 39.9 Å². The van der Waals surface area contributed by atoms with E-state index in [4.69, 9.17) is 0 Å². The molecule has 0 saturated heterocycles. The zero-order valence-corrected chi connectivity index (χ0v) is 8.93. The number of nitrogens with one attached hydrogen (secondary N) is 1. The third kappa shape index (κ3) is 2.22. The Hall–Kier alpha value is -1.68. The molecule has 1 N–H and O–H groups in total. The SMILES string of the molecule is Cc1ccc(-c2cc(=O)[nH]c(=O)s2)cc1. The van der Waals surface area contributed by atoms with Crippen molar-refractivity contribution in [1.82, 2.24) is 4.98 Å². The lowest BCUT2D eigenvalue weighted by atomic mass is 10.1. The highest BCUT2D eigenvalue weighted by Gasteiger charge is 2.00. The van der Waals surface area contributed by atoms with E-state index in [2.05, 4.69) is 4.98 Å². The summed E-state index contributed by atoms with van der Waals surface area (Å²) in [7, 11) is 0. The Labute approximate surface area is 90.0 Å². The number of rotatable bonds is 1. The van der Waals surface area contributed by atoms with Crippen LogP contribution in [0.25, 0.3) is 10.4 Å². The molecule has 0 atom stereocenters. The Morgan fingerprint density at radius 3 is 2.40 bits per heavy atom. The van der Waals surface area contributed by atoms with Gasteiger partial charge in [-0.2, -0.15) is 0 Å². The van der Waals surface area contributed by atoms with Gasteiger partial charge in [-0.1, -0.05) is 41.2 Å². The Morgan fingerprint density at radius 2 is 1.80 bits per heavy atom. The summed E-state index contributed by atoms with van der Waals surface area (Å²) in [4.78, 5) is 24.8. The van der Waals surface area contributed by atoms with Crippen LogP contribution in [0.4, 0.5) is 0 Å². The Morgan fingerprint density at radius 1 is 1.13 bits per heavy atom. The lowest BCUT2D eigenvalue weighted by molar-refractivity contribution is 1.23. The van der Waals surface area contributed by atoms with Crippen molar-refractivity contribution in [3.05, 3.63) is 55.9 Å². The van der Waals surface area contributed by atoms with Crippen molar-refractivity contribution in [2.75, 3.05) is 0 Å². The third-order valence-corrected chi connectivity index (χ3v) is 2.89. The molecule has 0 aliphatic rings. The lowest BCUT2D eigenvalue weighted by Crippen LogP contribution is -2.14. The van der Waals surface area contributed by atoms with Crippen LogP contribution in [0.5, 0.6) is 0 Å².